The number of halogens is 1. The largest absolute Gasteiger partial charge is 0.480 e. The summed E-state index contributed by atoms with van der Waals surface area (Å²) >= 11 is 5.39. The van der Waals surface area contributed by atoms with Crippen LogP contribution in [0.5, 0.6) is 0 Å². The third kappa shape index (κ3) is 8.02. The summed E-state index contributed by atoms with van der Waals surface area (Å²) in [6.07, 6.45) is 0.162. The number of carboxylic acids is 1. The molecule has 0 aliphatic rings. The smallest absolute Gasteiger partial charge is 0.324 e. The van der Waals surface area contributed by atoms with Gasteiger partial charge in [-0.3, -0.25) is 4.79 Å². The lowest BCUT2D eigenvalue weighted by molar-refractivity contribution is -0.137. The predicted molar refractivity (Wildman–Crippen MR) is 49.2 cm³/mol. The van der Waals surface area contributed by atoms with Crippen LogP contribution in [0.2, 0.25) is 0 Å². The molecule has 0 fully saturated rings. The molecule has 0 spiro atoms. The van der Waals surface area contributed by atoms with E-state index in [1.54, 1.807) is 0 Å². The normalized spacial score (nSPS) is 13.2. The average molecular weight is 211 g/mol. The van der Waals surface area contributed by atoms with Gasteiger partial charge in [-0.05, 0) is 13.8 Å². The van der Waals surface area contributed by atoms with Crippen molar-refractivity contribution in [3.8, 4) is 0 Å². The highest BCUT2D eigenvalue weighted by atomic mass is 35.5. The van der Waals surface area contributed by atoms with Crippen LogP contribution in [0.3, 0.4) is 0 Å². The number of ether oxygens (including phenoxy) is 2. The van der Waals surface area contributed by atoms with Gasteiger partial charge in [0.25, 0.3) is 0 Å². The zero-order valence-corrected chi connectivity index (χ0v) is 8.58. The SMILES string of the molecule is CC(C)OCCOCC(Cl)C(=O)O. The number of aliphatic carboxylic acids is 1. The molecule has 1 unspecified atom stereocenters. The lowest BCUT2D eigenvalue weighted by atomic mass is 10.4. The van der Waals surface area contributed by atoms with Crippen molar-refractivity contribution < 1.29 is 19.4 Å². The fourth-order valence-electron chi connectivity index (χ4n) is 0.601. The summed E-state index contributed by atoms with van der Waals surface area (Å²) in [5.74, 6) is -1.06. The summed E-state index contributed by atoms with van der Waals surface area (Å²) in [7, 11) is 0. The summed E-state index contributed by atoms with van der Waals surface area (Å²) in [6, 6.07) is 0. The minimum atomic E-state index is -1.06. The van der Waals surface area contributed by atoms with Gasteiger partial charge in [-0.25, -0.2) is 0 Å². The first-order valence-corrected chi connectivity index (χ1v) is 4.54. The van der Waals surface area contributed by atoms with Crippen LogP contribution >= 0.6 is 11.6 Å². The van der Waals surface area contributed by atoms with Gasteiger partial charge in [-0.15, -0.1) is 11.6 Å². The van der Waals surface area contributed by atoms with Gasteiger partial charge in [0.2, 0.25) is 0 Å². The van der Waals surface area contributed by atoms with E-state index in [-0.39, 0.29) is 12.7 Å². The van der Waals surface area contributed by atoms with Gasteiger partial charge < -0.3 is 14.6 Å². The van der Waals surface area contributed by atoms with E-state index in [2.05, 4.69) is 0 Å². The van der Waals surface area contributed by atoms with E-state index in [0.717, 1.165) is 0 Å². The number of carbonyl (C=O) groups is 1. The maximum atomic E-state index is 10.2. The highest BCUT2D eigenvalue weighted by Crippen LogP contribution is 1.96. The molecule has 1 atom stereocenters. The summed E-state index contributed by atoms with van der Waals surface area (Å²) in [6.45, 7) is 4.68. The number of alkyl halides is 1. The molecule has 4 nitrogen and oxygen atoms in total. The zero-order chi connectivity index (χ0) is 10.3. The molecule has 0 aliphatic carbocycles. The van der Waals surface area contributed by atoms with Crippen molar-refractivity contribution in [1.29, 1.82) is 0 Å². The molecule has 0 aliphatic heterocycles. The molecule has 0 heterocycles. The van der Waals surface area contributed by atoms with Crippen molar-refractivity contribution in [2.45, 2.75) is 25.3 Å². The van der Waals surface area contributed by atoms with Gasteiger partial charge in [0, 0.05) is 0 Å². The van der Waals surface area contributed by atoms with E-state index in [4.69, 9.17) is 26.2 Å². The Morgan fingerprint density at radius 3 is 2.54 bits per heavy atom. The Balaban J connectivity index is 3.21. The van der Waals surface area contributed by atoms with Gasteiger partial charge in [-0.1, -0.05) is 0 Å². The molecule has 0 bridgehead atoms. The molecule has 0 saturated heterocycles. The first kappa shape index (κ1) is 12.7. The van der Waals surface area contributed by atoms with Crippen LogP contribution in [-0.4, -0.2) is 42.4 Å². The zero-order valence-electron chi connectivity index (χ0n) is 7.83. The van der Waals surface area contributed by atoms with Crippen LogP contribution in [0, 0.1) is 0 Å². The Labute approximate surface area is 82.8 Å². The molecule has 5 heteroatoms. The highest BCUT2D eigenvalue weighted by Gasteiger charge is 2.12. The Bertz CT molecular complexity index is 149. The van der Waals surface area contributed by atoms with Gasteiger partial charge in [0.15, 0.2) is 5.38 Å². The van der Waals surface area contributed by atoms with Crippen molar-refractivity contribution >= 4 is 17.6 Å². The van der Waals surface area contributed by atoms with Crippen molar-refractivity contribution in [3.05, 3.63) is 0 Å². The maximum Gasteiger partial charge on any atom is 0.324 e. The van der Waals surface area contributed by atoms with Crippen LogP contribution in [-0.2, 0) is 14.3 Å². The Kier molecular flexibility index (Phi) is 6.94. The second-order valence-electron chi connectivity index (χ2n) is 2.80. The lowest BCUT2D eigenvalue weighted by Gasteiger charge is -2.08. The maximum absolute atomic E-state index is 10.2. The summed E-state index contributed by atoms with van der Waals surface area (Å²) in [5.41, 5.74) is 0. The molecular weight excluding hydrogens is 196 g/mol. The third-order valence-corrected chi connectivity index (χ3v) is 1.52. The van der Waals surface area contributed by atoms with E-state index < -0.39 is 11.3 Å². The van der Waals surface area contributed by atoms with Gasteiger partial charge in [-0.2, -0.15) is 0 Å². The molecule has 0 saturated carbocycles. The topological polar surface area (TPSA) is 55.8 Å². The number of hydrogen-bond acceptors (Lipinski definition) is 3. The Hall–Kier alpha value is -0.320. The van der Waals surface area contributed by atoms with Crippen molar-refractivity contribution in [1.82, 2.24) is 0 Å². The molecule has 0 rings (SSSR count). The second-order valence-corrected chi connectivity index (χ2v) is 3.33. The van der Waals surface area contributed by atoms with Crippen LogP contribution in [0.1, 0.15) is 13.8 Å². The average Bonchev–Trinajstić information content (AvgIpc) is 2.02. The summed E-state index contributed by atoms with van der Waals surface area (Å²) in [4.78, 5) is 10.2. The second kappa shape index (κ2) is 7.12. The third-order valence-electron chi connectivity index (χ3n) is 1.21. The van der Waals surface area contributed by atoms with Gasteiger partial charge >= 0.3 is 5.97 Å². The highest BCUT2D eigenvalue weighted by molar-refractivity contribution is 6.29. The first-order chi connectivity index (χ1) is 6.04. The number of carboxylic acid groups (broad SMARTS) is 1. The van der Waals surface area contributed by atoms with E-state index in [1.807, 2.05) is 13.8 Å². The molecule has 78 valence electrons. The van der Waals surface area contributed by atoms with Gasteiger partial charge in [0.1, 0.15) is 0 Å². The molecular formula is C8H15ClO4. The fraction of sp³-hybridized carbons (Fsp3) is 0.875. The molecule has 0 aromatic carbocycles. The van der Waals surface area contributed by atoms with Crippen molar-refractivity contribution in [2.75, 3.05) is 19.8 Å². The molecule has 0 amide bonds. The number of rotatable bonds is 7. The predicted octanol–water partition coefficient (Wildman–Crippen LogP) is 1.12. The molecule has 13 heavy (non-hydrogen) atoms. The Morgan fingerprint density at radius 2 is 2.08 bits per heavy atom. The van der Waals surface area contributed by atoms with E-state index in [1.165, 1.54) is 0 Å². The van der Waals surface area contributed by atoms with E-state index in [0.29, 0.717) is 13.2 Å². The molecule has 0 radical (unpaired) electrons. The van der Waals surface area contributed by atoms with E-state index in [9.17, 15) is 4.79 Å². The molecule has 1 N–H and O–H groups in total. The minimum absolute atomic E-state index is 0.0122. The lowest BCUT2D eigenvalue weighted by Crippen LogP contribution is -2.21. The van der Waals surface area contributed by atoms with Crippen molar-refractivity contribution in [2.24, 2.45) is 0 Å². The summed E-state index contributed by atoms with van der Waals surface area (Å²) in [5, 5.41) is 7.41. The minimum Gasteiger partial charge on any atom is -0.480 e. The van der Waals surface area contributed by atoms with Crippen LogP contribution in [0.15, 0.2) is 0 Å². The van der Waals surface area contributed by atoms with Crippen LogP contribution in [0.25, 0.3) is 0 Å². The van der Waals surface area contributed by atoms with Crippen LogP contribution in [0.4, 0.5) is 0 Å². The monoisotopic (exact) mass is 210 g/mol. The van der Waals surface area contributed by atoms with E-state index >= 15 is 0 Å². The molecule has 0 aromatic rings. The fourth-order valence-corrected chi connectivity index (χ4v) is 0.690. The van der Waals surface area contributed by atoms with Gasteiger partial charge in [0.05, 0.1) is 25.9 Å². The standard InChI is InChI=1S/C8H15ClO4/c1-6(2)13-4-3-12-5-7(9)8(10)11/h6-7H,3-5H2,1-2H3,(H,10,11). The van der Waals surface area contributed by atoms with Crippen LogP contribution < -0.4 is 0 Å². The molecule has 0 aromatic heterocycles. The van der Waals surface area contributed by atoms with Crippen molar-refractivity contribution in [3.63, 3.8) is 0 Å². The number of hydrogen-bond donors (Lipinski definition) is 1. The Morgan fingerprint density at radius 1 is 1.46 bits per heavy atom. The first-order valence-electron chi connectivity index (χ1n) is 4.10. The summed E-state index contributed by atoms with van der Waals surface area (Å²) < 4.78 is 10.1. The quantitative estimate of drug-likeness (QED) is 0.506.